The number of nitrogens with zero attached hydrogens (tertiary/aromatic N) is 1. The van der Waals surface area contributed by atoms with E-state index in [1.165, 1.54) is 33.1 Å². The standard InChI is InChI=1S/C27H27NSi/c1-28(2)22-14-16-23(17-15-22)29(3,26-18-12-20-8-4-6-10-24(20)26)27-19-13-21-9-5-7-11-25(21)27/h4-19,26-27H,1-3H3. The number of allylic oxidation sites excluding steroid dienone is 2. The van der Waals surface area contributed by atoms with Crippen molar-refractivity contribution in [1.82, 2.24) is 0 Å². The Hall–Kier alpha value is -2.84. The number of anilines is 1. The van der Waals surface area contributed by atoms with Crippen molar-refractivity contribution >= 4 is 31.1 Å². The van der Waals surface area contributed by atoms with Crippen LogP contribution in [0.15, 0.2) is 84.9 Å². The van der Waals surface area contributed by atoms with E-state index in [0.717, 1.165) is 0 Å². The monoisotopic (exact) mass is 393 g/mol. The topological polar surface area (TPSA) is 3.24 Å². The average Bonchev–Trinajstić information content (AvgIpc) is 3.38. The molecule has 0 amide bonds. The molecule has 2 unspecified atom stereocenters. The van der Waals surface area contributed by atoms with Crippen LogP contribution in [0.5, 0.6) is 0 Å². The Morgan fingerprint density at radius 1 is 0.655 bits per heavy atom. The zero-order chi connectivity index (χ0) is 20.0. The fourth-order valence-electron chi connectivity index (χ4n) is 5.22. The summed E-state index contributed by atoms with van der Waals surface area (Å²) in [6, 6.07) is 27.3. The second kappa shape index (κ2) is 6.89. The lowest BCUT2D eigenvalue weighted by atomic mass is 10.1. The van der Waals surface area contributed by atoms with Crippen molar-refractivity contribution in [1.29, 1.82) is 0 Å². The molecular weight excluding hydrogens is 366 g/mol. The van der Waals surface area contributed by atoms with Crippen molar-refractivity contribution in [3.05, 3.63) is 107 Å². The molecule has 29 heavy (non-hydrogen) atoms. The van der Waals surface area contributed by atoms with Crippen LogP contribution in [0, 0.1) is 0 Å². The maximum absolute atomic E-state index is 2.59. The molecule has 0 N–H and O–H groups in total. The summed E-state index contributed by atoms with van der Waals surface area (Å²) >= 11 is 0. The number of rotatable bonds is 4. The van der Waals surface area contributed by atoms with Gasteiger partial charge in [-0.05, 0) is 34.4 Å². The van der Waals surface area contributed by atoms with Crippen molar-refractivity contribution in [2.45, 2.75) is 17.6 Å². The lowest BCUT2D eigenvalue weighted by Gasteiger charge is -2.39. The number of benzene rings is 3. The predicted octanol–water partition coefficient (Wildman–Crippen LogP) is 5.74. The minimum Gasteiger partial charge on any atom is -0.378 e. The molecule has 2 aliphatic carbocycles. The van der Waals surface area contributed by atoms with Gasteiger partial charge in [0.25, 0.3) is 0 Å². The lowest BCUT2D eigenvalue weighted by molar-refractivity contribution is 1.06. The van der Waals surface area contributed by atoms with Gasteiger partial charge in [0.05, 0.1) is 0 Å². The maximum atomic E-state index is 2.59. The SMILES string of the molecule is CN(C)c1ccc([Si](C)(C2C=Cc3ccccc32)C2C=Cc3ccccc32)cc1. The number of hydrogen-bond donors (Lipinski definition) is 0. The summed E-state index contributed by atoms with van der Waals surface area (Å²) in [6.45, 7) is 2.59. The summed E-state index contributed by atoms with van der Waals surface area (Å²) in [6.07, 6.45) is 9.63. The zero-order valence-electron chi connectivity index (χ0n) is 17.3. The van der Waals surface area contributed by atoms with E-state index >= 15 is 0 Å². The van der Waals surface area contributed by atoms with Gasteiger partial charge in [-0.25, -0.2) is 0 Å². The van der Waals surface area contributed by atoms with Crippen molar-refractivity contribution < 1.29 is 0 Å². The first-order chi connectivity index (χ1) is 14.1. The molecule has 0 saturated heterocycles. The fraction of sp³-hybridized carbons (Fsp3) is 0.185. The third kappa shape index (κ3) is 2.82. The van der Waals surface area contributed by atoms with Crippen LogP contribution in [0.2, 0.25) is 6.55 Å². The molecule has 0 aromatic heterocycles. The van der Waals surface area contributed by atoms with E-state index in [9.17, 15) is 0 Å². The minimum atomic E-state index is -2.01. The molecule has 3 aromatic carbocycles. The van der Waals surface area contributed by atoms with Crippen molar-refractivity contribution in [3.63, 3.8) is 0 Å². The minimum absolute atomic E-state index is 0.477. The Bertz CT molecular complexity index is 1050. The van der Waals surface area contributed by atoms with Gasteiger partial charge in [0.15, 0.2) is 0 Å². The fourth-order valence-corrected chi connectivity index (χ4v) is 10.0. The van der Waals surface area contributed by atoms with Crippen molar-refractivity contribution in [3.8, 4) is 0 Å². The maximum Gasteiger partial charge on any atom is 0.106 e. The summed E-state index contributed by atoms with van der Waals surface area (Å²) in [5.74, 6) is 0. The van der Waals surface area contributed by atoms with Crippen molar-refractivity contribution in [2.75, 3.05) is 19.0 Å². The van der Waals surface area contributed by atoms with Gasteiger partial charge in [-0.1, -0.05) is 96.7 Å². The van der Waals surface area contributed by atoms with E-state index in [2.05, 4.69) is 123 Å². The third-order valence-corrected chi connectivity index (χ3v) is 12.1. The van der Waals surface area contributed by atoms with Crippen LogP contribution in [0.4, 0.5) is 5.69 Å². The molecule has 0 heterocycles. The molecule has 0 fully saturated rings. The van der Waals surface area contributed by atoms with E-state index in [0.29, 0.717) is 11.1 Å². The van der Waals surface area contributed by atoms with E-state index in [-0.39, 0.29) is 0 Å². The molecule has 2 atom stereocenters. The molecule has 0 radical (unpaired) electrons. The highest BCUT2D eigenvalue weighted by molar-refractivity contribution is 6.94. The van der Waals surface area contributed by atoms with Crippen LogP contribution in [0.25, 0.3) is 12.2 Å². The molecule has 2 aliphatic rings. The average molecular weight is 394 g/mol. The van der Waals surface area contributed by atoms with Crippen LogP contribution in [0.1, 0.15) is 33.3 Å². The highest BCUT2D eigenvalue weighted by Gasteiger charge is 2.47. The second-order valence-electron chi connectivity index (χ2n) is 8.66. The Balaban J connectivity index is 1.69. The molecule has 0 spiro atoms. The number of fused-ring (bicyclic) bond motifs is 2. The first-order valence-electron chi connectivity index (χ1n) is 10.4. The summed E-state index contributed by atoms with van der Waals surface area (Å²) in [7, 11) is 2.21. The van der Waals surface area contributed by atoms with Crippen LogP contribution in [0.3, 0.4) is 0 Å². The lowest BCUT2D eigenvalue weighted by Crippen LogP contribution is -2.54. The second-order valence-corrected chi connectivity index (χ2v) is 13.0. The highest BCUT2D eigenvalue weighted by Crippen LogP contribution is 2.46. The summed E-state index contributed by atoms with van der Waals surface area (Å²) < 4.78 is 0. The summed E-state index contributed by atoms with van der Waals surface area (Å²) in [5, 5.41) is 1.53. The molecule has 1 nitrogen and oxygen atoms in total. The summed E-state index contributed by atoms with van der Waals surface area (Å²) in [4.78, 5) is 2.18. The number of hydrogen-bond acceptors (Lipinski definition) is 1. The van der Waals surface area contributed by atoms with Gasteiger partial charge < -0.3 is 4.90 Å². The van der Waals surface area contributed by atoms with E-state index < -0.39 is 8.07 Å². The zero-order valence-corrected chi connectivity index (χ0v) is 18.3. The molecule has 3 aromatic rings. The van der Waals surface area contributed by atoms with Crippen molar-refractivity contribution in [2.24, 2.45) is 0 Å². The van der Waals surface area contributed by atoms with E-state index in [4.69, 9.17) is 0 Å². The molecule has 0 aliphatic heterocycles. The van der Waals surface area contributed by atoms with Crippen LogP contribution in [-0.4, -0.2) is 22.2 Å². The normalized spacial score (nSPS) is 20.9. The van der Waals surface area contributed by atoms with Gasteiger partial charge in [0.1, 0.15) is 8.07 Å². The van der Waals surface area contributed by atoms with Crippen LogP contribution < -0.4 is 10.1 Å². The molecule has 0 saturated carbocycles. The Labute approximate surface area is 175 Å². The smallest absolute Gasteiger partial charge is 0.106 e. The first-order valence-corrected chi connectivity index (χ1v) is 13.1. The van der Waals surface area contributed by atoms with Gasteiger partial charge in [-0.2, -0.15) is 0 Å². The van der Waals surface area contributed by atoms with Gasteiger partial charge in [0, 0.05) is 30.9 Å². The quantitative estimate of drug-likeness (QED) is 0.511. The molecule has 0 bridgehead atoms. The molecule has 144 valence electrons. The highest BCUT2D eigenvalue weighted by atomic mass is 28.3. The first kappa shape index (κ1) is 18.2. The van der Waals surface area contributed by atoms with Crippen LogP contribution >= 0.6 is 0 Å². The summed E-state index contributed by atoms with van der Waals surface area (Å²) in [5.41, 5.74) is 7.98. The van der Waals surface area contributed by atoms with Gasteiger partial charge in [-0.15, -0.1) is 0 Å². The van der Waals surface area contributed by atoms with E-state index in [1.54, 1.807) is 0 Å². The molecule has 5 rings (SSSR count). The predicted molar refractivity (Wildman–Crippen MR) is 128 cm³/mol. The molecular formula is C27H27NSi. The van der Waals surface area contributed by atoms with Crippen LogP contribution in [-0.2, 0) is 0 Å². The van der Waals surface area contributed by atoms with Gasteiger partial charge in [-0.3, -0.25) is 0 Å². The Kier molecular flexibility index (Phi) is 4.33. The largest absolute Gasteiger partial charge is 0.378 e. The van der Waals surface area contributed by atoms with E-state index in [1.807, 2.05) is 0 Å². The Morgan fingerprint density at radius 2 is 1.14 bits per heavy atom. The third-order valence-electron chi connectivity index (χ3n) is 6.90. The van der Waals surface area contributed by atoms with Gasteiger partial charge >= 0.3 is 0 Å². The van der Waals surface area contributed by atoms with Gasteiger partial charge in [0.2, 0.25) is 0 Å². The Morgan fingerprint density at radius 3 is 1.62 bits per heavy atom. The molecule has 2 heteroatoms.